The second kappa shape index (κ2) is 30.0. The summed E-state index contributed by atoms with van der Waals surface area (Å²) in [6.45, 7) is 17.4. The highest BCUT2D eigenvalue weighted by Gasteiger charge is 2.58. The number of hydrogen-bond acceptors (Lipinski definition) is 21. The Labute approximate surface area is 449 Å². The molecular weight excluding hydrogens is 993 g/mol. The maximum absolute atomic E-state index is 14.2. The Morgan fingerprint density at radius 3 is 1.97 bits per heavy atom. The van der Waals surface area contributed by atoms with Crippen LogP contribution in [0.1, 0.15) is 120 Å². The Morgan fingerprint density at radius 2 is 1.42 bits per heavy atom. The number of methoxy groups -OCH3 is 4. The SMILES string of the molecule is CCC(=O)O[C@@H]1CC(=O)O[C@H](C)CCN(Cc2ccc(OC)cc2)C[C@H](OC(C)=O)[C@H](C)C[C@H](CC(OC)OC)[C@H]([C@@H]2O[C@H](C)[C@@H](O[C@@H]3C[C@@](C)(OC(C)=O)[C@@H](OC(=O)CC)[C@H](C)O3)[C@H](N(C)C)[C@H]2OC(C)=O)[C@@H]1OC. The second-order valence-electron chi connectivity index (χ2n) is 20.9. The van der Waals surface area contributed by atoms with E-state index in [1.807, 2.05) is 43.0 Å². The number of likely N-dealkylation sites (N-methyl/N-ethyl adjacent to an activating group) is 1. The fraction of sp³-hybridized carbons (Fsp3) is 0.782. The molecule has 0 aliphatic carbocycles. The number of esters is 6. The van der Waals surface area contributed by atoms with Crippen molar-refractivity contribution in [2.75, 3.05) is 55.6 Å². The van der Waals surface area contributed by atoms with Gasteiger partial charge in [0, 0.05) is 93.3 Å². The minimum atomic E-state index is -1.37. The maximum Gasteiger partial charge on any atom is 0.309 e. The molecule has 3 aliphatic rings. The molecule has 0 N–H and O–H groups in total. The summed E-state index contributed by atoms with van der Waals surface area (Å²) < 4.78 is 80.8. The average molecular weight is 1080 g/mol. The van der Waals surface area contributed by atoms with Gasteiger partial charge in [0.05, 0.1) is 31.8 Å². The molecule has 432 valence electrons. The molecule has 3 aliphatic heterocycles. The van der Waals surface area contributed by atoms with E-state index in [-0.39, 0.29) is 32.1 Å². The molecule has 3 saturated heterocycles. The molecule has 0 amide bonds. The molecule has 4 rings (SSSR count). The normalized spacial score (nSPS) is 33.2. The van der Waals surface area contributed by atoms with Gasteiger partial charge >= 0.3 is 35.8 Å². The molecule has 0 aromatic heterocycles. The zero-order valence-corrected chi connectivity index (χ0v) is 47.8. The van der Waals surface area contributed by atoms with Gasteiger partial charge in [-0.2, -0.15) is 0 Å². The Hall–Kier alpha value is -4.48. The summed E-state index contributed by atoms with van der Waals surface area (Å²) in [5.41, 5.74) is -0.395. The molecule has 3 fully saturated rings. The summed E-state index contributed by atoms with van der Waals surface area (Å²) in [5.74, 6) is -4.72. The Balaban J connectivity index is 1.96. The van der Waals surface area contributed by atoms with E-state index in [2.05, 4.69) is 4.90 Å². The zero-order valence-electron chi connectivity index (χ0n) is 47.8. The van der Waals surface area contributed by atoms with Crippen LogP contribution in [0.4, 0.5) is 0 Å². The van der Waals surface area contributed by atoms with Crippen molar-refractivity contribution in [2.24, 2.45) is 17.8 Å². The van der Waals surface area contributed by atoms with Crippen LogP contribution in [0, 0.1) is 17.8 Å². The third-order valence-electron chi connectivity index (χ3n) is 14.6. The van der Waals surface area contributed by atoms with Gasteiger partial charge in [0.2, 0.25) is 0 Å². The van der Waals surface area contributed by atoms with Crippen molar-refractivity contribution < 1.29 is 90.3 Å². The molecule has 0 spiro atoms. The number of nitrogens with zero attached hydrogens (tertiary/aromatic N) is 2. The second-order valence-corrected chi connectivity index (χ2v) is 20.9. The van der Waals surface area contributed by atoms with E-state index < -0.39 is 145 Å². The summed E-state index contributed by atoms with van der Waals surface area (Å²) in [5, 5.41) is 0. The first kappa shape index (κ1) is 64.0. The third kappa shape index (κ3) is 18.0. The first-order valence-corrected chi connectivity index (χ1v) is 26.6. The lowest BCUT2D eigenvalue weighted by molar-refractivity contribution is -0.320. The lowest BCUT2D eigenvalue weighted by Crippen LogP contribution is -2.68. The van der Waals surface area contributed by atoms with Gasteiger partial charge in [-0.1, -0.05) is 32.9 Å². The van der Waals surface area contributed by atoms with Crippen LogP contribution in [0.2, 0.25) is 0 Å². The van der Waals surface area contributed by atoms with Crippen LogP contribution in [-0.2, 0) is 92.2 Å². The van der Waals surface area contributed by atoms with Gasteiger partial charge in [-0.15, -0.1) is 0 Å². The lowest BCUT2D eigenvalue weighted by Gasteiger charge is -2.54. The molecule has 16 atom stereocenters. The minimum Gasteiger partial charge on any atom is -0.497 e. The molecule has 3 heterocycles. The van der Waals surface area contributed by atoms with E-state index in [0.29, 0.717) is 31.8 Å². The number of carbonyl (C=O) groups excluding carboxylic acids is 6. The van der Waals surface area contributed by atoms with Gasteiger partial charge in [0.1, 0.15) is 48.5 Å². The van der Waals surface area contributed by atoms with Gasteiger partial charge in [-0.05, 0) is 84.2 Å². The summed E-state index contributed by atoms with van der Waals surface area (Å²) in [7, 11) is 9.68. The molecule has 0 saturated carbocycles. The van der Waals surface area contributed by atoms with Gasteiger partial charge in [-0.3, -0.25) is 33.7 Å². The fourth-order valence-corrected chi connectivity index (χ4v) is 11.1. The Kier molecular flexibility index (Phi) is 25.3. The first-order valence-electron chi connectivity index (χ1n) is 26.6. The highest BCUT2D eigenvalue weighted by atomic mass is 16.7. The van der Waals surface area contributed by atoms with E-state index in [0.717, 1.165) is 5.56 Å². The van der Waals surface area contributed by atoms with Crippen molar-refractivity contribution in [2.45, 2.75) is 206 Å². The largest absolute Gasteiger partial charge is 0.497 e. The molecule has 21 heteroatoms. The molecule has 0 unspecified atom stereocenters. The number of ether oxygens (including phenoxy) is 13. The van der Waals surface area contributed by atoms with E-state index in [1.165, 1.54) is 42.1 Å². The maximum atomic E-state index is 14.2. The monoisotopic (exact) mass is 1080 g/mol. The van der Waals surface area contributed by atoms with Gasteiger partial charge in [0.25, 0.3) is 0 Å². The van der Waals surface area contributed by atoms with Crippen molar-refractivity contribution in [1.29, 1.82) is 0 Å². The Bertz CT molecular complexity index is 2020. The third-order valence-corrected chi connectivity index (χ3v) is 14.6. The fourth-order valence-electron chi connectivity index (χ4n) is 11.1. The van der Waals surface area contributed by atoms with Crippen molar-refractivity contribution in [1.82, 2.24) is 9.80 Å². The van der Waals surface area contributed by atoms with Crippen LogP contribution in [0.25, 0.3) is 0 Å². The number of rotatable bonds is 19. The smallest absolute Gasteiger partial charge is 0.309 e. The van der Waals surface area contributed by atoms with Crippen molar-refractivity contribution >= 4 is 35.8 Å². The summed E-state index contributed by atoms with van der Waals surface area (Å²) in [4.78, 5) is 83.7. The van der Waals surface area contributed by atoms with Crippen LogP contribution < -0.4 is 4.74 Å². The quantitative estimate of drug-likeness (QED) is 0.0936. The van der Waals surface area contributed by atoms with Gasteiger partial charge < -0.3 is 66.5 Å². The number of hydrogen-bond donors (Lipinski definition) is 0. The number of carbonyl (C=O) groups is 6. The molecule has 1 aromatic carbocycles. The lowest BCUT2D eigenvalue weighted by atomic mass is 9.70. The predicted octanol–water partition coefficient (Wildman–Crippen LogP) is 5.57. The first-order chi connectivity index (χ1) is 35.9. The molecule has 0 bridgehead atoms. The molecule has 1 aromatic rings. The van der Waals surface area contributed by atoms with Crippen LogP contribution in [0.3, 0.4) is 0 Å². The average Bonchev–Trinajstić information content (AvgIpc) is 3.34. The predicted molar refractivity (Wildman–Crippen MR) is 274 cm³/mol. The van der Waals surface area contributed by atoms with Gasteiger partial charge in [0.15, 0.2) is 24.3 Å². The van der Waals surface area contributed by atoms with E-state index in [4.69, 9.17) is 61.6 Å². The van der Waals surface area contributed by atoms with Crippen LogP contribution in [0.5, 0.6) is 5.75 Å². The van der Waals surface area contributed by atoms with E-state index in [1.54, 1.807) is 55.8 Å². The van der Waals surface area contributed by atoms with Crippen LogP contribution >= 0.6 is 0 Å². The standard InChI is InChI=1S/C55H88N2O19/c1-17-43(61)73-41-27-45(63)68-32(4)23-24-57(29-38-19-21-40(64-13)22-20-38)30-42(71-35(7)58)31(3)25-39(26-46(65-14)66-15)48(51(41)67-16)52-53(72-36(8)59)49(56(11)12)50(33(5)70-52)75-47-28-55(10,76-37(9)60)54(34(6)69-47)74-44(62)18-2/h19-22,31-34,39,41-42,46-54H,17-18,23-30H2,1-16H3/t31-,32-,33-,34+,39-,41-,42+,47-,48+,49+,50-,51-,52+,53-,54+,55-/m1/s1. The summed E-state index contributed by atoms with van der Waals surface area (Å²) >= 11 is 0. The van der Waals surface area contributed by atoms with Crippen molar-refractivity contribution in [3.63, 3.8) is 0 Å². The Morgan fingerprint density at radius 1 is 0.789 bits per heavy atom. The van der Waals surface area contributed by atoms with Crippen LogP contribution in [-0.4, -0.2) is 187 Å². The van der Waals surface area contributed by atoms with E-state index in [9.17, 15) is 28.8 Å². The topological polar surface area (TPSA) is 229 Å². The van der Waals surface area contributed by atoms with Crippen LogP contribution in [0.15, 0.2) is 24.3 Å². The molecule has 76 heavy (non-hydrogen) atoms. The zero-order chi connectivity index (χ0) is 56.6. The highest BCUT2D eigenvalue weighted by molar-refractivity contribution is 5.73. The molecule has 0 radical (unpaired) electrons. The van der Waals surface area contributed by atoms with Crippen molar-refractivity contribution in [3.8, 4) is 5.75 Å². The number of cyclic esters (lactones) is 1. The highest BCUT2D eigenvalue weighted by Crippen LogP contribution is 2.44. The molecule has 21 nitrogen and oxygen atoms in total. The number of benzene rings is 1. The minimum absolute atomic E-state index is 0.0259. The van der Waals surface area contributed by atoms with E-state index >= 15 is 0 Å². The summed E-state index contributed by atoms with van der Waals surface area (Å²) in [6.07, 6.45) is -10.9. The van der Waals surface area contributed by atoms with Gasteiger partial charge in [-0.25, -0.2) is 0 Å². The van der Waals surface area contributed by atoms with Crippen molar-refractivity contribution in [3.05, 3.63) is 29.8 Å². The summed E-state index contributed by atoms with van der Waals surface area (Å²) in [6, 6.07) is 6.88. The molecular formula is C55H88N2O19.